The predicted molar refractivity (Wildman–Crippen MR) is 258 cm³/mol. The average Bonchev–Trinajstić information content (AvgIpc) is 3.60. The predicted octanol–water partition coefficient (Wildman–Crippen LogP) is 14.7. The third-order valence-electron chi connectivity index (χ3n) is 11.8. The summed E-state index contributed by atoms with van der Waals surface area (Å²) in [6.07, 6.45) is 1.89. The van der Waals surface area contributed by atoms with E-state index in [2.05, 4.69) is 188 Å². The van der Waals surface area contributed by atoms with Crippen LogP contribution < -0.4 is 0 Å². The number of hydrogen-bond acceptors (Lipinski definition) is 4. The Morgan fingerprint density at radius 2 is 1.11 bits per heavy atom. The number of phenolic OH excluding ortho intramolecular Hbond substituents is 1. The molecule has 4 aromatic heterocycles. The zero-order valence-electron chi connectivity index (χ0n) is 37.5. The van der Waals surface area contributed by atoms with Crippen molar-refractivity contribution in [3.8, 4) is 67.5 Å². The topological polar surface area (TPSA) is 63.8 Å². The van der Waals surface area contributed by atoms with Gasteiger partial charge in [0, 0.05) is 72.0 Å². The molecule has 0 unspecified atom stereocenters. The molecule has 9 aromatic rings. The molecule has 1 N–H and O–H groups in total. The van der Waals surface area contributed by atoms with Gasteiger partial charge in [0.25, 0.3) is 0 Å². The Balaban J connectivity index is 0.00000544. The van der Waals surface area contributed by atoms with Crippen molar-refractivity contribution in [1.82, 2.24) is 19.5 Å². The van der Waals surface area contributed by atoms with E-state index in [0.29, 0.717) is 11.3 Å². The third-order valence-corrected chi connectivity index (χ3v) is 11.8. The molecule has 0 amide bonds. The quantitative estimate of drug-likeness (QED) is 0.169. The summed E-state index contributed by atoms with van der Waals surface area (Å²) in [4.78, 5) is 15.4. The molecule has 0 bridgehead atoms. The molecule has 0 aliphatic rings. The molecule has 4 heterocycles. The van der Waals surface area contributed by atoms with Gasteiger partial charge in [0.1, 0.15) is 5.75 Å². The second-order valence-corrected chi connectivity index (χ2v) is 19.5. The van der Waals surface area contributed by atoms with Gasteiger partial charge in [-0.05, 0) is 87.2 Å². The molecular formula is C57H53N4OPt-. The van der Waals surface area contributed by atoms with Crippen LogP contribution in [0.3, 0.4) is 0 Å². The van der Waals surface area contributed by atoms with Crippen LogP contribution in [0.5, 0.6) is 5.75 Å². The van der Waals surface area contributed by atoms with Gasteiger partial charge in [0.15, 0.2) is 0 Å². The second kappa shape index (κ2) is 16.5. The minimum Gasteiger partial charge on any atom is -0.507 e. The van der Waals surface area contributed by atoms with Crippen molar-refractivity contribution < 1.29 is 26.2 Å². The van der Waals surface area contributed by atoms with Crippen molar-refractivity contribution in [3.63, 3.8) is 0 Å². The number of para-hydroxylation sites is 3. The molecule has 6 heteroatoms. The van der Waals surface area contributed by atoms with Gasteiger partial charge >= 0.3 is 0 Å². The van der Waals surface area contributed by atoms with E-state index in [4.69, 9.17) is 15.0 Å². The first-order valence-electron chi connectivity index (χ1n) is 21.5. The normalized spacial score (nSPS) is 12.1. The number of aromatic nitrogens is 4. The van der Waals surface area contributed by atoms with E-state index in [-0.39, 0.29) is 43.1 Å². The van der Waals surface area contributed by atoms with Crippen LogP contribution in [0.2, 0.25) is 0 Å². The van der Waals surface area contributed by atoms with Crippen LogP contribution in [0.15, 0.2) is 152 Å². The van der Waals surface area contributed by atoms with Gasteiger partial charge in [0.2, 0.25) is 0 Å². The number of aromatic hydroxyl groups is 1. The summed E-state index contributed by atoms with van der Waals surface area (Å²) in [5, 5.41) is 12.2. The average molecular weight is 1010 g/mol. The summed E-state index contributed by atoms with van der Waals surface area (Å²) < 4.78 is 2.34. The maximum atomic E-state index is 11.1. The molecule has 0 fully saturated rings. The monoisotopic (exact) mass is 1000 g/mol. The Labute approximate surface area is 386 Å². The largest absolute Gasteiger partial charge is 0.507 e. The number of hydrogen-bond donors (Lipinski definition) is 1. The number of benzene rings is 5. The van der Waals surface area contributed by atoms with Crippen LogP contribution in [-0.4, -0.2) is 24.6 Å². The number of pyridine rings is 3. The molecule has 0 saturated heterocycles. The molecule has 5 aromatic carbocycles. The number of rotatable bonds is 6. The van der Waals surface area contributed by atoms with E-state index in [9.17, 15) is 5.11 Å². The van der Waals surface area contributed by atoms with Gasteiger partial charge in [0.05, 0.1) is 22.2 Å². The first-order valence-corrected chi connectivity index (χ1v) is 21.5. The van der Waals surface area contributed by atoms with E-state index in [0.717, 1.165) is 78.1 Å². The SMILES string of the molecule is CC(C)(C)c1cc(-c2cc(-c3[c-]c(-c4cc(-c5cccc6c7nc(C(C)(C)C)ccc7n(-c7ccccc7)c56)ccn4)ccc3)nc(-c3ccccc3O)c2)cc(C(C)(C)C)c1.[Pt]. The summed E-state index contributed by atoms with van der Waals surface area (Å²) in [5.74, 6) is 0.187. The number of phenols is 1. The molecule has 5 nitrogen and oxygen atoms in total. The second-order valence-electron chi connectivity index (χ2n) is 19.5. The molecular weight excluding hydrogens is 952 g/mol. The van der Waals surface area contributed by atoms with Gasteiger partial charge < -0.3 is 9.67 Å². The summed E-state index contributed by atoms with van der Waals surface area (Å²) in [7, 11) is 0. The molecule has 318 valence electrons. The number of nitrogens with zero attached hydrogens (tertiary/aromatic N) is 4. The molecule has 63 heavy (non-hydrogen) atoms. The van der Waals surface area contributed by atoms with E-state index in [1.807, 2.05) is 30.5 Å². The fourth-order valence-electron chi connectivity index (χ4n) is 8.26. The van der Waals surface area contributed by atoms with Crippen molar-refractivity contribution in [2.75, 3.05) is 0 Å². The molecule has 0 aliphatic carbocycles. The zero-order valence-corrected chi connectivity index (χ0v) is 39.8. The minimum absolute atomic E-state index is 0. The van der Waals surface area contributed by atoms with Crippen molar-refractivity contribution in [2.24, 2.45) is 0 Å². The minimum atomic E-state index is -0.0904. The van der Waals surface area contributed by atoms with Gasteiger partial charge in [-0.2, -0.15) is 0 Å². The Morgan fingerprint density at radius 1 is 0.508 bits per heavy atom. The Bertz CT molecular complexity index is 3110. The van der Waals surface area contributed by atoms with E-state index >= 15 is 0 Å². The van der Waals surface area contributed by atoms with Gasteiger partial charge in [-0.1, -0.05) is 152 Å². The Kier molecular flexibility index (Phi) is 11.4. The fourth-order valence-corrected chi connectivity index (χ4v) is 8.26. The van der Waals surface area contributed by atoms with E-state index in [1.54, 1.807) is 6.07 Å². The smallest absolute Gasteiger partial charge is 0.124 e. The molecule has 0 saturated carbocycles. The summed E-state index contributed by atoms with van der Waals surface area (Å²) in [6, 6.07) is 54.2. The van der Waals surface area contributed by atoms with E-state index in [1.165, 1.54) is 11.1 Å². The zero-order chi connectivity index (χ0) is 43.6. The summed E-state index contributed by atoms with van der Waals surface area (Å²) >= 11 is 0. The van der Waals surface area contributed by atoms with Crippen LogP contribution in [0.1, 0.15) is 79.1 Å². The third kappa shape index (κ3) is 8.52. The van der Waals surface area contributed by atoms with Crippen LogP contribution >= 0.6 is 0 Å². The first kappa shape index (κ1) is 43.5. The van der Waals surface area contributed by atoms with E-state index < -0.39 is 0 Å². The molecule has 9 rings (SSSR count). The van der Waals surface area contributed by atoms with Crippen molar-refractivity contribution >= 4 is 21.9 Å². The van der Waals surface area contributed by atoms with Crippen molar-refractivity contribution in [1.29, 1.82) is 0 Å². The van der Waals surface area contributed by atoms with Crippen LogP contribution in [0.4, 0.5) is 0 Å². The van der Waals surface area contributed by atoms with Crippen LogP contribution in [0.25, 0.3) is 83.6 Å². The molecule has 0 spiro atoms. The maximum Gasteiger partial charge on any atom is 0.124 e. The van der Waals surface area contributed by atoms with Crippen molar-refractivity contribution in [2.45, 2.75) is 78.6 Å². The molecule has 0 radical (unpaired) electrons. The molecule has 0 atom stereocenters. The van der Waals surface area contributed by atoms with Gasteiger partial charge in [-0.3, -0.25) is 9.97 Å². The number of fused-ring (bicyclic) bond motifs is 3. The van der Waals surface area contributed by atoms with Gasteiger partial charge in [-0.15, -0.1) is 24.3 Å². The fraction of sp³-hybridized carbons (Fsp3) is 0.211. The summed E-state index contributed by atoms with van der Waals surface area (Å²) in [6.45, 7) is 20.2. The van der Waals surface area contributed by atoms with Gasteiger partial charge in [-0.25, -0.2) is 4.98 Å². The Morgan fingerprint density at radius 3 is 1.79 bits per heavy atom. The van der Waals surface area contributed by atoms with Crippen molar-refractivity contribution in [3.05, 3.63) is 175 Å². The summed E-state index contributed by atoms with van der Waals surface area (Å²) in [5.41, 5.74) is 16.6. The standard InChI is InChI=1S/C57H53N4O.Pt/c1-55(2,3)41-30-39(31-42(35-41)56(4,5)6)40-33-48(59-49(34-40)45-21-13-14-24-51(45)62)38-18-15-17-37(29-38)47-32-36(27-28-58-47)44-22-16-23-46-53-50(25-26-52(60-53)57(7,8)9)61(54(44)46)43-19-11-10-12-20-43;/h10-28,30-35,62H,1-9H3;/q-1;. The Hall–Kier alpha value is -6.16. The molecule has 0 aliphatic heterocycles. The maximum absolute atomic E-state index is 11.1. The van der Waals surface area contributed by atoms with Crippen LogP contribution in [0, 0.1) is 6.07 Å². The first-order chi connectivity index (χ1) is 29.5. The van der Waals surface area contributed by atoms with Crippen LogP contribution in [-0.2, 0) is 37.3 Å².